The highest BCUT2D eigenvalue weighted by Crippen LogP contribution is 2.25. The molecule has 1 amide bonds. The Morgan fingerprint density at radius 2 is 2.13 bits per heavy atom. The number of fused-ring (bicyclic) bond motifs is 1. The molecule has 1 heterocycles. The van der Waals surface area contributed by atoms with E-state index < -0.39 is 0 Å². The zero-order valence-electron chi connectivity index (χ0n) is 8.74. The third-order valence-corrected chi connectivity index (χ3v) is 2.36. The number of carbonyl (C=O) groups excluding carboxylic acids is 1. The van der Waals surface area contributed by atoms with Gasteiger partial charge < -0.3 is 5.32 Å². The van der Waals surface area contributed by atoms with Gasteiger partial charge >= 0.3 is 0 Å². The number of nitrogens with one attached hydrogen (secondary N) is 2. The summed E-state index contributed by atoms with van der Waals surface area (Å²) in [5, 5.41) is 4.67. The number of rotatable bonds is 1. The Morgan fingerprint density at radius 3 is 2.80 bits per heavy atom. The maximum absolute atomic E-state index is 12.0. The fraction of sp³-hybridized carbons (Fsp3) is 0.182. The second-order valence-corrected chi connectivity index (χ2v) is 3.21. The highest BCUT2D eigenvalue weighted by atomic mass is 16.2. The number of hydrogen-bond acceptors (Lipinski definition) is 3. The molecule has 0 fully saturated rings. The highest BCUT2D eigenvalue weighted by Gasteiger charge is 2.26. The molecule has 0 radical (unpaired) electrons. The molecule has 15 heavy (non-hydrogen) atoms. The minimum Gasteiger partial charge on any atom is -0.340 e. The lowest BCUT2D eigenvalue weighted by molar-refractivity contribution is 0.0744. The Labute approximate surface area is 88.6 Å². The van der Waals surface area contributed by atoms with E-state index in [0.29, 0.717) is 5.56 Å². The summed E-state index contributed by atoms with van der Waals surface area (Å²) in [6, 6.07) is 7.46. The summed E-state index contributed by atoms with van der Waals surface area (Å²) < 4.78 is 0. The number of carbonyl (C=O) groups is 1. The van der Waals surface area contributed by atoms with Crippen molar-refractivity contribution in [3.63, 3.8) is 0 Å². The maximum atomic E-state index is 12.0. The van der Waals surface area contributed by atoms with Gasteiger partial charge in [-0.1, -0.05) is 12.1 Å². The molecule has 1 aliphatic heterocycles. The van der Waals surface area contributed by atoms with Gasteiger partial charge in [0.05, 0.1) is 11.3 Å². The largest absolute Gasteiger partial charge is 0.340 e. The van der Waals surface area contributed by atoms with E-state index >= 15 is 0 Å². The van der Waals surface area contributed by atoms with E-state index in [1.54, 1.807) is 13.1 Å². The summed E-state index contributed by atoms with van der Waals surface area (Å²) in [4.78, 5) is 12.0. The van der Waals surface area contributed by atoms with Crippen molar-refractivity contribution in [3.8, 4) is 0 Å². The molecule has 0 atom stereocenters. The molecule has 1 aliphatic rings. The minimum absolute atomic E-state index is 0.0417. The first-order valence-corrected chi connectivity index (χ1v) is 4.82. The standard InChI is InChI=1S/C11H13N3O/c1-3-10-13-9-7-5-4-6-8(9)11(15)14(10)12-2/h3-7,12-13H,1-2H3/b10-3+. The smallest absolute Gasteiger partial charge is 0.276 e. The van der Waals surface area contributed by atoms with E-state index in [4.69, 9.17) is 0 Å². The number of anilines is 1. The summed E-state index contributed by atoms with van der Waals surface area (Å²) >= 11 is 0. The Kier molecular flexibility index (Phi) is 2.43. The van der Waals surface area contributed by atoms with Crippen LogP contribution in [0.5, 0.6) is 0 Å². The number of para-hydroxylation sites is 1. The molecule has 1 aromatic carbocycles. The van der Waals surface area contributed by atoms with Crippen molar-refractivity contribution in [2.24, 2.45) is 0 Å². The summed E-state index contributed by atoms with van der Waals surface area (Å²) in [6.07, 6.45) is 1.85. The molecule has 0 bridgehead atoms. The third-order valence-electron chi connectivity index (χ3n) is 2.36. The zero-order valence-corrected chi connectivity index (χ0v) is 8.74. The van der Waals surface area contributed by atoms with E-state index in [1.165, 1.54) is 5.01 Å². The van der Waals surface area contributed by atoms with Crippen LogP contribution in [0.3, 0.4) is 0 Å². The van der Waals surface area contributed by atoms with Crippen molar-refractivity contribution >= 4 is 11.6 Å². The Bertz CT molecular complexity index is 426. The van der Waals surface area contributed by atoms with Crippen LogP contribution in [0.1, 0.15) is 17.3 Å². The molecular formula is C11H13N3O. The molecule has 0 aromatic heterocycles. The van der Waals surface area contributed by atoms with Gasteiger partial charge in [0.2, 0.25) is 0 Å². The number of nitrogens with zero attached hydrogens (tertiary/aromatic N) is 1. The fourth-order valence-electron chi connectivity index (χ4n) is 1.63. The lowest BCUT2D eigenvalue weighted by atomic mass is 10.1. The van der Waals surface area contributed by atoms with E-state index in [1.807, 2.05) is 31.2 Å². The average Bonchev–Trinajstić information content (AvgIpc) is 2.29. The van der Waals surface area contributed by atoms with Crippen LogP contribution in [0.15, 0.2) is 36.2 Å². The SMILES string of the molecule is C/C=C1\Nc2ccccc2C(=O)N1NC. The summed E-state index contributed by atoms with van der Waals surface area (Å²) in [6.45, 7) is 1.88. The van der Waals surface area contributed by atoms with Crippen molar-refractivity contribution in [3.05, 3.63) is 41.7 Å². The van der Waals surface area contributed by atoms with Crippen molar-refractivity contribution in [1.29, 1.82) is 0 Å². The number of hydrazine groups is 1. The van der Waals surface area contributed by atoms with Gasteiger partial charge in [0, 0.05) is 7.05 Å². The van der Waals surface area contributed by atoms with Crippen LogP contribution < -0.4 is 10.7 Å². The molecule has 78 valence electrons. The Balaban J connectivity index is 2.50. The quantitative estimate of drug-likeness (QED) is 0.727. The average molecular weight is 203 g/mol. The zero-order chi connectivity index (χ0) is 10.8. The summed E-state index contributed by atoms with van der Waals surface area (Å²) in [7, 11) is 1.72. The monoisotopic (exact) mass is 203 g/mol. The first-order chi connectivity index (χ1) is 7.27. The van der Waals surface area contributed by atoms with Gasteiger partial charge in [-0.15, -0.1) is 0 Å². The molecule has 0 spiro atoms. The predicted octanol–water partition coefficient (Wildman–Crippen LogP) is 1.55. The highest BCUT2D eigenvalue weighted by molar-refractivity contribution is 6.02. The first kappa shape index (κ1) is 9.73. The number of allylic oxidation sites excluding steroid dienone is 1. The van der Waals surface area contributed by atoms with Crippen molar-refractivity contribution in [2.75, 3.05) is 12.4 Å². The van der Waals surface area contributed by atoms with Crippen LogP contribution in [0.4, 0.5) is 5.69 Å². The molecule has 4 heteroatoms. The molecule has 0 unspecified atom stereocenters. The number of hydrogen-bond donors (Lipinski definition) is 2. The lowest BCUT2D eigenvalue weighted by Gasteiger charge is -2.30. The molecular weight excluding hydrogens is 190 g/mol. The van der Waals surface area contributed by atoms with Gasteiger partial charge in [0.1, 0.15) is 5.82 Å². The second kappa shape index (κ2) is 3.74. The lowest BCUT2D eigenvalue weighted by Crippen LogP contribution is -2.45. The third kappa shape index (κ3) is 1.49. The van der Waals surface area contributed by atoms with Gasteiger partial charge in [0.25, 0.3) is 5.91 Å². The molecule has 4 nitrogen and oxygen atoms in total. The van der Waals surface area contributed by atoms with Crippen LogP contribution in [0, 0.1) is 0 Å². The van der Waals surface area contributed by atoms with E-state index in [0.717, 1.165) is 11.5 Å². The van der Waals surface area contributed by atoms with Gasteiger partial charge in [-0.25, -0.2) is 10.4 Å². The number of benzene rings is 1. The second-order valence-electron chi connectivity index (χ2n) is 3.21. The van der Waals surface area contributed by atoms with Crippen LogP contribution >= 0.6 is 0 Å². The molecule has 0 saturated heterocycles. The van der Waals surface area contributed by atoms with Crippen LogP contribution in [0.25, 0.3) is 0 Å². The first-order valence-electron chi connectivity index (χ1n) is 4.82. The minimum atomic E-state index is -0.0417. The normalized spacial score (nSPS) is 17.6. The van der Waals surface area contributed by atoms with Crippen molar-refractivity contribution in [1.82, 2.24) is 10.4 Å². The molecule has 1 aromatic rings. The maximum Gasteiger partial charge on any atom is 0.276 e. The van der Waals surface area contributed by atoms with Crippen molar-refractivity contribution in [2.45, 2.75) is 6.92 Å². The van der Waals surface area contributed by atoms with Crippen LogP contribution in [0.2, 0.25) is 0 Å². The van der Waals surface area contributed by atoms with Gasteiger partial charge in [-0.3, -0.25) is 4.79 Å². The van der Waals surface area contributed by atoms with E-state index in [-0.39, 0.29) is 5.91 Å². The molecule has 0 saturated carbocycles. The van der Waals surface area contributed by atoms with E-state index in [9.17, 15) is 4.79 Å². The molecule has 2 rings (SSSR count). The summed E-state index contributed by atoms with van der Waals surface area (Å²) in [5.41, 5.74) is 4.38. The fourth-order valence-corrected chi connectivity index (χ4v) is 1.63. The predicted molar refractivity (Wildman–Crippen MR) is 59.1 cm³/mol. The van der Waals surface area contributed by atoms with E-state index in [2.05, 4.69) is 10.7 Å². The Hall–Kier alpha value is -1.81. The Morgan fingerprint density at radius 1 is 1.40 bits per heavy atom. The summed E-state index contributed by atoms with van der Waals surface area (Å²) in [5.74, 6) is 0.709. The van der Waals surface area contributed by atoms with Crippen molar-refractivity contribution < 1.29 is 4.79 Å². The number of amides is 1. The van der Waals surface area contributed by atoms with Gasteiger partial charge in [0.15, 0.2) is 0 Å². The van der Waals surface area contributed by atoms with Gasteiger partial charge in [-0.05, 0) is 25.1 Å². The van der Waals surface area contributed by atoms with Crippen LogP contribution in [-0.4, -0.2) is 18.0 Å². The molecule has 2 N–H and O–H groups in total. The molecule has 0 aliphatic carbocycles. The van der Waals surface area contributed by atoms with Gasteiger partial charge in [-0.2, -0.15) is 0 Å². The van der Waals surface area contributed by atoms with Crippen LogP contribution in [-0.2, 0) is 0 Å². The topological polar surface area (TPSA) is 44.4 Å².